The van der Waals surface area contributed by atoms with Crippen LogP contribution in [0.4, 0.5) is 0 Å². The van der Waals surface area contributed by atoms with Crippen LogP contribution in [-0.4, -0.2) is 80.5 Å². The van der Waals surface area contributed by atoms with Gasteiger partial charge >= 0.3 is 13.4 Å². The zero-order chi connectivity index (χ0) is 29.6. The Balaban J connectivity index is 1.69. The molecule has 15 heteroatoms. The Bertz CT molecular complexity index is 1240. The number of nitrogens with zero attached hydrogens (tertiary/aromatic N) is 2. The molecule has 1 fully saturated rings. The molecule has 0 radical (unpaired) electrons. The predicted molar refractivity (Wildman–Crippen MR) is 147 cm³/mol. The van der Waals surface area contributed by atoms with Gasteiger partial charge in [0.2, 0.25) is 5.88 Å². The quantitative estimate of drug-likeness (QED) is 0.181. The number of aliphatic hydroxyl groups is 3. The van der Waals surface area contributed by atoms with Crippen molar-refractivity contribution in [3.63, 3.8) is 0 Å². The van der Waals surface area contributed by atoms with Crippen molar-refractivity contribution in [2.75, 3.05) is 32.7 Å². The van der Waals surface area contributed by atoms with Crippen LogP contribution in [0.1, 0.15) is 32.6 Å². The maximum absolute atomic E-state index is 13.6. The minimum atomic E-state index is -4.02. The fraction of sp³-hybridized carbons (Fsp3) is 0.560. The van der Waals surface area contributed by atoms with Crippen LogP contribution in [0, 0.1) is 5.41 Å². The number of aromatic nitrogens is 2. The first-order valence-corrected chi connectivity index (χ1v) is 15.0. The Hall–Kier alpha value is -2.13. The first-order valence-electron chi connectivity index (χ1n) is 12.5. The van der Waals surface area contributed by atoms with Gasteiger partial charge in [-0.2, -0.15) is 4.98 Å². The number of aliphatic hydroxyl groups excluding tert-OH is 2. The molecular weight excluding hydrogens is 565 g/mol. The lowest BCUT2D eigenvalue weighted by Crippen LogP contribution is -2.46. The number of methoxy groups -OCH3 is 1. The summed E-state index contributed by atoms with van der Waals surface area (Å²) < 4.78 is 36.5. The van der Waals surface area contributed by atoms with E-state index in [4.69, 9.17) is 18.5 Å². The summed E-state index contributed by atoms with van der Waals surface area (Å²) in [5.41, 5.74) is -2.82. The Morgan fingerprint density at radius 1 is 1.27 bits per heavy atom. The average Bonchev–Trinajstić information content (AvgIpc) is 3.17. The van der Waals surface area contributed by atoms with Gasteiger partial charge in [-0.15, -0.1) is 0 Å². The van der Waals surface area contributed by atoms with E-state index in [1.54, 1.807) is 13.8 Å². The van der Waals surface area contributed by atoms with Gasteiger partial charge in [-0.3, -0.25) is 18.4 Å². The lowest BCUT2D eigenvalue weighted by molar-refractivity contribution is -0.119. The third kappa shape index (κ3) is 7.99. The summed E-state index contributed by atoms with van der Waals surface area (Å²) in [7, 11) is -2.67. The molecule has 1 aromatic heterocycles. The number of hydrogen-bond donors (Lipinski definition) is 4. The van der Waals surface area contributed by atoms with Crippen molar-refractivity contribution in [3.8, 4) is 5.88 Å². The molecule has 3 unspecified atom stereocenters. The van der Waals surface area contributed by atoms with Crippen molar-refractivity contribution >= 4 is 24.6 Å². The van der Waals surface area contributed by atoms with E-state index in [0.717, 1.165) is 21.9 Å². The molecule has 0 bridgehead atoms. The molecule has 1 aliphatic heterocycles. The first-order chi connectivity index (χ1) is 18.8. The predicted octanol–water partition coefficient (Wildman–Crippen LogP) is 1.47. The Labute approximate surface area is 236 Å². The summed E-state index contributed by atoms with van der Waals surface area (Å²) in [6.07, 6.45) is -2.72. The monoisotopic (exact) mass is 601 g/mol. The highest BCUT2D eigenvalue weighted by atomic mass is 32.2. The van der Waals surface area contributed by atoms with Crippen LogP contribution in [0.15, 0.2) is 47.4 Å². The molecule has 2 heterocycles. The van der Waals surface area contributed by atoms with Gasteiger partial charge in [-0.1, -0.05) is 42.1 Å². The summed E-state index contributed by atoms with van der Waals surface area (Å²) in [5.74, 6) is 0.219. The van der Waals surface area contributed by atoms with Gasteiger partial charge in [-0.25, -0.2) is 14.4 Å². The van der Waals surface area contributed by atoms with E-state index in [0.29, 0.717) is 0 Å². The maximum Gasteiger partial charge on any atom is 0.405 e. The van der Waals surface area contributed by atoms with Crippen molar-refractivity contribution in [1.82, 2.24) is 14.6 Å². The van der Waals surface area contributed by atoms with Crippen molar-refractivity contribution < 1.29 is 43.2 Å². The standard InChI is InChI=1S/C25H36N3O10PS/c1-24(2,16-29)22(31)40-13-12-36-39(34,26-14-17-8-6-5-7-9-17)37-15-18-20(30)25(3,33)21(38-18)28-11-10-19(35-4)27-23(28)32/h5-11,18,20-21,29-30,33H,12-16H2,1-4H3,(H,26,34)/t18-,20?,21?,25+,39?/m1/s1. The molecule has 222 valence electrons. The number of thioether (sulfide) groups is 1. The third-order valence-corrected chi connectivity index (χ3v) is 9.02. The minimum absolute atomic E-state index is 0.0710. The van der Waals surface area contributed by atoms with Crippen LogP contribution in [0.2, 0.25) is 0 Å². The normalized spacial score (nSPS) is 24.5. The number of ether oxygens (including phenoxy) is 2. The molecule has 5 atom stereocenters. The number of benzene rings is 1. The van der Waals surface area contributed by atoms with E-state index in [9.17, 15) is 29.5 Å². The molecule has 0 saturated carbocycles. The summed E-state index contributed by atoms with van der Waals surface area (Å²) in [4.78, 5) is 28.4. The van der Waals surface area contributed by atoms with Gasteiger partial charge in [0.05, 0.1) is 32.3 Å². The smallest absolute Gasteiger partial charge is 0.405 e. The van der Waals surface area contributed by atoms with Gasteiger partial charge in [-0.05, 0) is 26.3 Å². The van der Waals surface area contributed by atoms with Crippen molar-refractivity contribution in [2.24, 2.45) is 5.41 Å². The molecule has 3 rings (SSSR count). The molecule has 1 saturated heterocycles. The highest BCUT2D eigenvalue weighted by Gasteiger charge is 2.54. The molecule has 0 amide bonds. The van der Waals surface area contributed by atoms with Crippen molar-refractivity contribution in [3.05, 3.63) is 58.6 Å². The summed E-state index contributed by atoms with van der Waals surface area (Å²) in [6.45, 7) is 3.75. The second-order valence-corrected chi connectivity index (χ2v) is 12.9. The third-order valence-electron chi connectivity index (χ3n) is 6.27. The number of nitrogens with one attached hydrogen (secondary N) is 1. The van der Waals surface area contributed by atoms with Crippen LogP contribution in [0.5, 0.6) is 5.88 Å². The lowest BCUT2D eigenvalue weighted by atomic mass is 9.96. The average molecular weight is 602 g/mol. The first kappa shape index (κ1) is 32.4. The second-order valence-electron chi connectivity index (χ2n) is 9.98. The largest absolute Gasteiger partial charge is 0.481 e. The van der Waals surface area contributed by atoms with E-state index in [1.807, 2.05) is 30.3 Å². The van der Waals surface area contributed by atoms with E-state index < -0.39 is 49.5 Å². The van der Waals surface area contributed by atoms with Crippen LogP contribution >= 0.6 is 19.5 Å². The molecule has 0 aliphatic carbocycles. The molecule has 4 N–H and O–H groups in total. The fourth-order valence-corrected chi connectivity index (χ4v) is 5.94. The molecule has 13 nitrogen and oxygen atoms in total. The van der Waals surface area contributed by atoms with Gasteiger partial charge in [0, 0.05) is 24.6 Å². The number of hydrogen-bond acceptors (Lipinski definition) is 12. The van der Waals surface area contributed by atoms with Gasteiger partial charge in [0.15, 0.2) is 11.3 Å². The summed E-state index contributed by atoms with van der Waals surface area (Å²) in [6, 6.07) is 10.5. The molecule has 1 aromatic carbocycles. The van der Waals surface area contributed by atoms with E-state index in [2.05, 4.69) is 10.1 Å². The minimum Gasteiger partial charge on any atom is -0.481 e. The Kier molecular flexibility index (Phi) is 11.1. The second kappa shape index (κ2) is 13.7. The maximum atomic E-state index is 13.6. The molecule has 0 spiro atoms. The van der Waals surface area contributed by atoms with Gasteiger partial charge < -0.3 is 24.8 Å². The fourth-order valence-electron chi connectivity index (χ4n) is 3.70. The SMILES string of the molecule is COc1ccn(C2O[C@H](COP(=O)(NCc3ccccc3)OCCSC(=O)C(C)(C)CO)C(O)[C@]2(C)O)c(=O)n1. The molecule has 2 aromatic rings. The van der Waals surface area contributed by atoms with Crippen LogP contribution in [0.25, 0.3) is 0 Å². The Morgan fingerprint density at radius 2 is 1.98 bits per heavy atom. The van der Waals surface area contributed by atoms with E-state index in [1.165, 1.54) is 26.3 Å². The number of rotatable bonds is 14. The number of carbonyl (C=O) groups is 1. The van der Waals surface area contributed by atoms with Crippen LogP contribution in [0.3, 0.4) is 0 Å². The summed E-state index contributed by atoms with van der Waals surface area (Å²) in [5, 5.41) is 33.7. The molecule has 40 heavy (non-hydrogen) atoms. The molecular formula is C25H36N3O10PS. The van der Waals surface area contributed by atoms with Gasteiger partial charge in [0.25, 0.3) is 0 Å². The lowest BCUT2D eigenvalue weighted by Gasteiger charge is -2.27. The van der Waals surface area contributed by atoms with E-state index in [-0.39, 0.29) is 36.5 Å². The Morgan fingerprint density at radius 3 is 2.60 bits per heavy atom. The van der Waals surface area contributed by atoms with Crippen LogP contribution in [-0.2, 0) is 29.7 Å². The number of carbonyl (C=O) groups excluding carboxylic acids is 1. The van der Waals surface area contributed by atoms with Crippen LogP contribution < -0.4 is 15.5 Å². The van der Waals surface area contributed by atoms with Crippen molar-refractivity contribution in [1.29, 1.82) is 0 Å². The van der Waals surface area contributed by atoms with Crippen molar-refractivity contribution in [2.45, 2.75) is 51.4 Å². The highest BCUT2D eigenvalue weighted by Crippen LogP contribution is 2.46. The summed E-state index contributed by atoms with van der Waals surface area (Å²) >= 11 is 0.935. The van der Waals surface area contributed by atoms with E-state index >= 15 is 0 Å². The zero-order valence-electron chi connectivity index (χ0n) is 22.8. The van der Waals surface area contributed by atoms with Gasteiger partial charge in [0.1, 0.15) is 17.8 Å². The zero-order valence-corrected chi connectivity index (χ0v) is 24.5. The topological polar surface area (TPSA) is 179 Å². The molecule has 1 aliphatic rings. The highest BCUT2D eigenvalue weighted by molar-refractivity contribution is 8.13.